The number of nitrogens with one attached hydrogen (secondary N) is 2. The molecule has 0 aromatic carbocycles. The molecule has 1 aliphatic carbocycles. The molecule has 1 aliphatic rings. The van der Waals surface area contributed by atoms with Gasteiger partial charge in [-0.3, -0.25) is 19.4 Å². The van der Waals surface area contributed by atoms with Gasteiger partial charge in [0, 0.05) is 19.3 Å². The van der Waals surface area contributed by atoms with Crippen LogP contribution in [0.25, 0.3) is 11.0 Å². The standard InChI is InChI=1S/C17H25N5O2.ClH/c1-10-12(8-13(23)20-17(9-18)6-4-5-7-17)11(2)19-15-14(10)16(24)21-22(15)3;/h4-9,18H2,1-3H3,(H,20,23)(H,21,24);1H. The molecule has 7 nitrogen and oxygen atoms in total. The first-order chi connectivity index (χ1) is 11.4. The number of nitrogens with zero attached hydrogens (tertiary/aromatic N) is 2. The number of aromatic nitrogens is 3. The Morgan fingerprint density at radius 1 is 1.36 bits per heavy atom. The Morgan fingerprint density at radius 2 is 2.00 bits per heavy atom. The number of aromatic amines is 1. The van der Waals surface area contributed by atoms with Gasteiger partial charge >= 0.3 is 0 Å². The van der Waals surface area contributed by atoms with Gasteiger partial charge in [0.1, 0.15) is 0 Å². The highest BCUT2D eigenvalue weighted by atomic mass is 35.5. The maximum Gasteiger partial charge on any atom is 0.273 e. The highest BCUT2D eigenvalue weighted by Gasteiger charge is 2.34. The molecule has 0 atom stereocenters. The zero-order chi connectivity index (χ0) is 17.5. The number of halogens is 1. The van der Waals surface area contributed by atoms with E-state index in [0.29, 0.717) is 17.6 Å². The second-order valence-electron chi connectivity index (χ2n) is 6.92. The largest absolute Gasteiger partial charge is 0.349 e. The molecule has 0 aliphatic heterocycles. The van der Waals surface area contributed by atoms with Crippen LogP contribution in [0.15, 0.2) is 4.79 Å². The van der Waals surface area contributed by atoms with Gasteiger partial charge in [-0.05, 0) is 37.8 Å². The molecule has 0 unspecified atom stereocenters. The lowest BCUT2D eigenvalue weighted by Gasteiger charge is -2.29. The van der Waals surface area contributed by atoms with Crippen LogP contribution in [0, 0.1) is 13.8 Å². The third kappa shape index (κ3) is 3.43. The van der Waals surface area contributed by atoms with Crippen molar-refractivity contribution >= 4 is 29.3 Å². The molecule has 2 aromatic rings. The predicted molar refractivity (Wildman–Crippen MR) is 100 cm³/mol. The van der Waals surface area contributed by atoms with E-state index in [1.807, 2.05) is 13.8 Å². The number of amides is 1. The number of carbonyl (C=O) groups excluding carboxylic acids is 1. The van der Waals surface area contributed by atoms with Gasteiger partial charge in [-0.1, -0.05) is 12.8 Å². The fraction of sp³-hybridized carbons (Fsp3) is 0.588. The van der Waals surface area contributed by atoms with Gasteiger partial charge in [-0.25, -0.2) is 4.98 Å². The molecule has 0 bridgehead atoms. The number of hydrogen-bond acceptors (Lipinski definition) is 4. The molecular formula is C17H26ClN5O2. The van der Waals surface area contributed by atoms with Crippen LogP contribution in [0.1, 0.15) is 42.5 Å². The first-order valence-electron chi connectivity index (χ1n) is 8.43. The number of fused-ring (bicyclic) bond motifs is 1. The Kier molecular flexibility index (Phi) is 5.58. The topological polar surface area (TPSA) is 106 Å². The summed E-state index contributed by atoms with van der Waals surface area (Å²) in [5.41, 5.74) is 8.49. The average molecular weight is 368 g/mol. The summed E-state index contributed by atoms with van der Waals surface area (Å²) in [7, 11) is 1.76. The molecule has 1 fully saturated rings. The van der Waals surface area contributed by atoms with E-state index in [1.165, 1.54) is 0 Å². The minimum atomic E-state index is -0.263. The maximum absolute atomic E-state index is 12.6. The molecule has 8 heteroatoms. The van der Waals surface area contributed by atoms with Crippen molar-refractivity contribution in [1.82, 2.24) is 20.1 Å². The van der Waals surface area contributed by atoms with Crippen LogP contribution in [0.3, 0.4) is 0 Å². The molecule has 3 rings (SSSR count). The predicted octanol–water partition coefficient (Wildman–Crippen LogP) is 1.23. The number of pyridine rings is 1. The van der Waals surface area contributed by atoms with Crippen LogP contribution < -0.4 is 16.6 Å². The highest BCUT2D eigenvalue weighted by Crippen LogP contribution is 2.29. The summed E-state index contributed by atoms with van der Waals surface area (Å²) >= 11 is 0. The Balaban J connectivity index is 0.00000225. The van der Waals surface area contributed by atoms with Gasteiger partial charge in [-0.2, -0.15) is 0 Å². The summed E-state index contributed by atoms with van der Waals surface area (Å²) < 4.78 is 1.61. The molecule has 0 saturated heterocycles. The fourth-order valence-corrected chi connectivity index (χ4v) is 3.84. The van der Waals surface area contributed by atoms with Crippen LogP contribution in [0.5, 0.6) is 0 Å². The Morgan fingerprint density at radius 3 is 2.60 bits per heavy atom. The molecule has 0 spiro atoms. The van der Waals surface area contributed by atoms with Crippen molar-refractivity contribution < 1.29 is 4.79 Å². The number of hydrogen-bond donors (Lipinski definition) is 3. The lowest BCUT2D eigenvalue weighted by atomic mass is 9.96. The van der Waals surface area contributed by atoms with E-state index in [-0.39, 0.29) is 35.8 Å². The third-order valence-corrected chi connectivity index (χ3v) is 5.27. The van der Waals surface area contributed by atoms with Crippen molar-refractivity contribution in [3.05, 3.63) is 27.2 Å². The summed E-state index contributed by atoms with van der Waals surface area (Å²) in [6.45, 7) is 4.22. The summed E-state index contributed by atoms with van der Waals surface area (Å²) in [4.78, 5) is 29.2. The van der Waals surface area contributed by atoms with E-state index in [1.54, 1.807) is 11.7 Å². The molecule has 2 aromatic heterocycles. The number of carbonyl (C=O) groups is 1. The van der Waals surface area contributed by atoms with E-state index >= 15 is 0 Å². The minimum absolute atomic E-state index is 0. The summed E-state index contributed by atoms with van der Waals surface area (Å²) in [6, 6.07) is 0. The fourth-order valence-electron chi connectivity index (χ4n) is 3.84. The Bertz CT molecular complexity index is 849. The van der Waals surface area contributed by atoms with Crippen molar-refractivity contribution in [3.63, 3.8) is 0 Å². The van der Waals surface area contributed by atoms with Crippen molar-refractivity contribution in [1.29, 1.82) is 0 Å². The molecule has 25 heavy (non-hydrogen) atoms. The molecular weight excluding hydrogens is 342 g/mol. The Hall–Kier alpha value is -1.86. The normalized spacial score (nSPS) is 16.0. The van der Waals surface area contributed by atoms with E-state index in [2.05, 4.69) is 15.4 Å². The average Bonchev–Trinajstić information content (AvgIpc) is 3.09. The maximum atomic E-state index is 12.6. The van der Waals surface area contributed by atoms with Crippen LogP contribution in [0.4, 0.5) is 0 Å². The zero-order valence-electron chi connectivity index (χ0n) is 14.9. The smallest absolute Gasteiger partial charge is 0.273 e. The molecule has 4 N–H and O–H groups in total. The van der Waals surface area contributed by atoms with Gasteiger partial charge in [-0.15, -0.1) is 12.4 Å². The van der Waals surface area contributed by atoms with Gasteiger partial charge in [0.15, 0.2) is 5.65 Å². The number of rotatable bonds is 4. The van der Waals surface area contributed by atoms with Crippen molar-refractivity contribution in [2.24, 2.45) is 12.8 Å². The highest BCUT2D eigenvalue weighted by molar-refractivity contribution is 5.85. The van der Waals surface area contributed by atoms with Crippen LogP contribution in [-0.4, -0.2) is 32.8 Å². The van der Waals surface area contributed by atoms with E-state index in [9.17, 15) is 9.59 Å². The second-order valence-corrected chi connectivity index (χ2v) is 6.92. The molecule has 138 valence electrons. The van der Waals surface area contributed by atoms with Gasteiger partial charge in [0.05, 0.1) is 17.3 Å². The lowest BCUT2D eigenvalue weighted by molar-refractivity contribution is -0.122. The van der Waals surface area contributed by atoms with Gasteiger partial charge in [0.2, 0.25) is 5.91 Å². The minimum Gasteiger partial charge on any atom is -0.349 e. The number of nitrogens with two attached hydrogens (primary N) is 1. The van der Waals surface area contributed by atoms with E-state index in [0.717, 1.165) is 42.5 Å². The van der Waals surface area contributed by atoms with E-state index in [4.69, 9.17) is 5.73 Å². The second kappa shape index (κ2) is 7.17. The van der Waals surface area contributed by atoms with Gasteiger partial charge < -0.3 is 11.1 Å². The molecule has 1 amide bonds. The van der Waals surface area contributed by atoms with Crippen LogP contribution in [0.2, 0.25) is 0 Å². The van der Waals surface area contributed by atoms with E-state index < -0.39 is 0 Å². The summed E-state index contributed by atoms with van der Waals surface area (Å²) in [5, 5.41) is 6.41. The van der Waals surface area contributed by atoms with Crippen molar-refractivity contribution in [2.45, 2.75) is 51.5 Å². The van der Waals surface area contributed by atoms with Crippen molar-refractivity contribution in [3.8, 4) is 0 Å². The first-order valence-corrected chi connectivity index (χ1v) is 8.43. The number of aryl methyl sites for hydroxylation is 3. The molecule has 2 heterocycles. The lowest BCUT2D eigenvalue weighted by Crippen LogP contribution is -2.52. The third-order valence-electron chi connectivity index (χ3n) is 5.27. The monoisotopic (exact) mass is 367 g/mol. The first kappa shape index (κ1) is 19.5. The molecule has 1 saturated carbocycles. The summed E-state index contributed by atoms with van der Waals surface area (Å²) in [6.07, 6.45) is 4.28. The van der Waals surface area contributed by atoms with Gasteiger partial charge in [0.25, 0.3) is 5.56 Å². The zero-order valence-corrected chi connectivity index (χ0v) is 15.8. The van der Waals surface area contributed by atoms with Crippen LogP contribution in [-0.2, 0) is 18.3 Å². The Labute approximate surface area is 152 Å². The SMILES string of the molecule is Cc1nc2c(c(C)c1CC(=O)NC1(CN)CCCC1)c(=O)[nH]n2C.Cl. The van der Waals surface area contributed by atoms with Crippen LogP contribution >= 0.6 is 12.4 Å². The quantitative estimate of drug-likeness (QED) is 0.755. The van der Waals surface area contributed by atoms with Crippen molar-refractivity contribution in [2.75, 3.05) is 6.54 Å². The number of H-pyrrole nitrogens is 1. The molecule has 0 radical (unpaired) electrons. The summed E-state index contributed by atoms with van der Waals surface area (Å²) in [5.74, 6) is -0.0536.